The SMILES string of the molecule is CCN(C(=O)c1ccc(OCC(=O)N2C(C)CCCC2C)cc1)C(C)c1cccc(OC)c1. The van der Waals surface area contributed by atoms with E-state index in [-0.39, 0.29) is 36.5 Å². The smallest absolute Gasteiger partial charge is 0.260 e. The zero-order chi connectivity index (χ0) is 24.0. The van der Waals surface area contributed by atoms with Crippen LogP contribution in [0.3, 0.4) is 0 Å². The zero-order valence-electron chi connectivity index (χ0n) is 20.4. The highest BCUT2D eigenvalue weighted by atomic mass is 16.5. The van der Waals surface area contributed by atoms with Crippen LogP contribution in [0.5, 0.6) is 11.5 Å². The number of methoxy groups -OCH3 is 1. The molecular weight excluding hydrogens is 416 g/mol. The van der Waals surface area contributed by atoms with Crippen LogP contribution in [0.1, 0.15) is 68.9 Å². The molecule has 1 heterocycles. The second-order valence-electron chi connectivity index (χ2n) is 8.79. The highest BCUT2D eigenvalue weighted by molar-refractivity contribution is 5.94. The Balaban J connectivity index is 1.63. The maximum Gasteiger partial charge on any atom is 0.260 e. The number of carbonyl (C=O) groups is 2. The van der Waals surface area contributed by atoms with Gasteiger partial charge in [0.1, 0.15) is 11.5 Å². The van der Waals surface area contributed by atoms with Crippen molar-refractivity contribution in [3.8, 4) is 11.5 Å². The molecule has 0 N–H and O–H groups in total. The number of nitrogens with zero attached hydrogens (tertiary/aromatic N) is 2. The first-order valence-electron chi connectivity index (χ1n) is 11.8. The van der Waals surface area contributed by atoms with Gasteiger partial charge < -0.3 is 19.3 Å². The Bertz CT molecular complexity index is 933. The van der Waals surface area contributed by atoms with Crippen molar-refractivity contribution >= 4 is 11.8 Å². The number of ether oxygens (including phenoxy) is 2. The van der Waals surface area contributed by atoms with E-state index in [1.165, 1.54) is 0 Å². The molecule has 1 aliphatic heterocycles. The number of hydrogen-bond donors (Lipinski definition) is 0. The van der Waals surface area contributed by atoms with Crippen LogP contribution in [-0.2, 0) is 4.79 Å². The highest BCUT2D eigenvalue weighted by Crippen LogP contribution is 2.26. The number of carbonyl (C=O) groups excluding carboxylic acids is 2. The van der Waals surface area contributed by atoms with E-state index < -0.39 is 0 Å². The van der Waals surface area contributed by atoms with E-state index >= 15 is 0 Å². The molecule has 0 radical (unpaired) electrons. The van der Waals surface area contributed by atoms with Gasteiger partial charge in [-0.1, -0.05) is 12.1 Å². The maximum absolute atomic E-state index is 13.2. The summed E-state index contributed by atoms with van der Waals surface area (Å²) in [5.74, 6) is 1.32. The Morgan fingerprint density at radius 2 is 1.73 bits per heavy atom. The molecule has 6 nitrogen and oxygen atoms in total. The normalized spacial score (nSPS) is 19.0. The molecule has 2 aromatic rings. The first kappa shape index (κ1) is 24.6. The van der Waals surface area contributed by atoms with E-state index in [1.807, 2.05) is 47.9 Å². The average Bonchev–Trinajstić information content (AvgIpc) is 2.83. The number of benzene rings is 2. The van der Waals surface area contributed by atoms with Crippen LogP contribution in [0.2, 0.25) is 0 Å². The van der Waals surface area contributed by atoms with Gasteiger partial charge in [0, 0.05) is 24.2 Å². The third kappa shape index (κ3) is 5.86. The fraction of sp³-hybridized carbons (Fsp3) is 0.481. The molecule has 1 aliphatic rings. The minimum absolute atomic E-state index is 0.00985. The van der Waals surface area contributed by atoms with Gasteiger partial charge in [-0.25, -0.2) is 0 Å². The van der Waals surface area contributed by atoms with E-state index in [0.717, 1.165) is 30.6 Å². The summed E-state index contributed by atoms with van der Waals surface area (Å²) in [6.07, 6.45) is 3.23. The lowest BCUT2D eigenvalue weighted by Crippen LogP contribution is -2.49. The summed E-state index contributed by atoms with van der Waals surface area (Å²) in [6.45, 7) is 8.77. The van der Waals surface area contributed by atoms with Crippen LogP contribution in [0.4, 0.5) is 0 Å². The standard InChI is InChI=1S/C27H36N2O4/c1-6-28(21(4)23-11-8-12-25(17-23)32-5)27(31)22-13-15-24(16-14-22)33-18-26(30)29-19(2)9-7-10-20(29)3/h8,11-17,19-21H,6-7,9-10,18H2,1-5H3. The van der Waals surface area contributed by atoms with Crippen LogP contribution in [-0.4, -0.2) is 54.0 Å². The van der Waals surface area contributed by atoms with Crippen molar-refractivity contribution in [2.45, 2.75) is 65.1 Å². The monoisotopic (exact) mass is 452 g/mol. The zero-order valence-corrected chi connectivity index (χ0v) is 20.4. The number of hydrogen-bond acceptors (Lipinski definition) is 4. The molecule has 0 aliphatic carbocycles. The first-order chi connectivity index (χ1) is 15.8. The Labute approximate surface area is 197 Å². The first-order valence-corrected chi connectivity index (χ1v) is 11.8. The summed E-state index contributed by atoms with van der Waals surface area (Å²) in [5, 5.41) is 0. The molecule has 2 aromatic carbocycles. The Morgan fingerprint density at radius 1 is 1.06 bits per heavy atom. The number of rotatable bonds is 8. The van der Waals surface area contributed by atoms with Gasteiger partial charge in [-0.15, -0.1) is 0 Å². The van der Waals surface area contributed by atoms with Gasteiger partial charge in [-0.3, -0.25) is 9.59 Å². The van der Waals surface area contributed by atoms with Gasteiger partial charge >= 0.3 is 0 Å². The number of amides is 2. The summed E-state index contributed by atoms with van der Waals surface area (Å²) >= 11 is 0. The molecule has 2 amide bonds. The fourth-order valence-electron chi connectivity index (χ4n) is 4.67. The van der Waals surface area contributed by atoms with Gasteiger partial charge in [0.25, 0.3) is 11.8 Å². The molecule has 6 heteroatoms. The average molecular weight is 453 g/mol. The lowest BCUT2D eigenvalue weighted by molar-refractivity contribution is -0.139. The summed E-state index contributed by atoms with van der Waals surface area (Å²) < 4.78 is 11.1. The minimum Gasteiger partial charge on any atom is -0.497 e. The maximum atomic E-state index is 13.2. The fourth-order valence-corrected chi connectivity index (χ4v) is 4.67. The molecule has 0 spiro atoms. The van der Waals surface area contributed by atoms with Crippen LogP contribution >= 0.6 is 0 Å². The topological polar surface area (TPSA) is 59.1 Å². The Kier molecular flexibility index (Phi) is 8.37. The van der Waals surface area contributed by atoms with E-state index in [2.05, 4.69) is 13.8 Å². The molecule has 0 saturated carbocycles. The van der Waals surface area contributed by atoms with Gasteiger partial charge in [0.2, 0.25) is 0 Å². The highest BCUT2D eigenvalue weighted by Gasteiger charge is 2.29. The molecule has 33 heavy (non-hydrogen) atoms. The largest absolute Gasteiger partial charge is 0.497 e. The predicted molar refractivity (Wildman–Crippen MR) is 130 cm³/mol. The van der Waals surface area contributed by atoms with Crippen LogP contribution < -0.4 is 9.47 Å². The summed E-state index contributed by atoms with van der Waals surface area (Å²) in [6, 6.07) is 15.2. The minimum atomic E-state index is -0.0975. The molecule has 3 unspecified atom stereocenters. The lowest BCUT2D eigenvalue weighted by Gasteiger charge is -2.38. The van der Waals surface area contributed by atoms with Crippen molar-refractivity contribution in [3.05, 3.63) is 59.7 Å². The second kappa shape index (κ2) is 11.2. The molecule has 3 rings (SSSR count). The summed E-state index contributed by atoms with van der Waals surface area (Å²) in [4.78, 5) is 29.6. The molecule has 0 aromatic heterocycles. The lowest BCUT2D eigenvalue weighted by atomic mass is 9.97. The van der Waals surface area contributed by atoms with Crippen molar-refractivity contribution in [3.63, 3.8) is 0 Å². The van der Waals surface area contributed by atoms with Gasteiger partial charge in [0.15, 0.2) is 6.61 Å². The van der Waals surface area contributed by atoms with Crippen LogP contribution in [0, 0.1) is 0 Å². The van der Waals surface area contributed by atoms with Gasteiger partial charge in [-0.2, -0.15) is 0 Å². The molecule has 3 atom stereocenters. The van der Waals surface area contributed by atoms with Crippen molar-refractivity contribution in [1.82, 2.24) is 9.80 Å². The summed E-state index contributed by atoms with van der Waals surface area (Å²) in [5.41, 5.74) is 1.60. The Morgan fingerprint density at radius 3 is 2.33 bits per heavy atom. The molecule has 0 bridgehead atoms. The predicted octanol–water partition coefficient (Wildman–Crippen LogP) is 5.09. The van der Waals surface area contributed by atoms with Crippen molar-refractivity contribution in [1.29, 1.82) is 0 Å². The quantitative estimate of drug-likeness (QED) is 0.560. The number of likely N-dealkylation sites (tertiary alicyclic amines) is 1. The van der Waals surface area contributed by atoms with Crippen molar-refractivity contribution in [2.75, 3.05) is 20.3 Å². The van der Waals surface area contributed by atoms with Gasteiger partial charge in [0.05, 0.1) is 13.2 Å². The molecule has 1 fully saturated rings. The molecule has 178 valence electrons. The summed E-state index contributed by atoms with van der Waals surface area (Å²) in [7, 11) is 1.64. The van der Waals surface area contributed by atoms with E-state index in [4.69, 9.17) is 9.47 Å². The second-order valence-corrected chi connectivity index (χ2v) is 8.79. The number of piperidine rings is 1. The van der Waals surface area contributed by atoms with Crippen molar-refractivity contribution in [2.24, 2.45) is 0 Å². The van der Waals surface area contributed by atoms with Crippen LogP contribution in [0.25, 0.3) is 0 Å². The van der Waals surface area contributed by atoms with E-state index in [1.54, 1.807) is 31.4 Å². The third-order valence-corrected chi connectivity index (χ3v) is 6.59. The van der Waals surface area contributed by atoms with Gasteiger partial charge in [-0.05, 0) is 88.9 Å². The van der Waals surface area contributed by atoms with E-state index in [9.17, 15) is 9.59 Å². The Hall–Kier alpha value is -3.02. The molecule has 1 saturated heterocycles. The van der Waals surface area contributed by atoms with E-state index in [0.29, 0.717) is 17.9 Å². The third-order valence-electron chi connectivity index (χ3n) is 6.59. The van der Waals surface area contributed by atoms with Crippen LogP contribution in [0.15, 0.2) is 48.5 Å². The van der Waals surface area contributed by atoms with Crippen molar-refractivity contribution < 1.29 is 19.1 Å². The molecular formula is C27H36N2O4.